The molecule has 0 aliphatic rings. The predicted octanol–water partition coefficient (Wildman–Crippen LogP) is 7.01. The molecule has 0 aromatic rings. The fourth-order valence-electron chi connectivity index (χ4n) is 4.47. The number of rotatable bonds is 16. The van der Waals surface area contributed by atoms with Gasteiger partial charge in [-0.25, -0.2) is 9.59 Å². The maximum absolute atomic E-state index is 12.2. The van der Waals surface area contributed by atoms with E-state index in [1.165, 1.54) is 6.55 Å². The summed E-state index contributed by atoms with van der Waals surface area (Å²) in [5, 5.41) is 0. The van der Waals surface area contributed by atoms with Crippen LogP contribution in [0, 0.1) is 0 Å². The minimum absolute atomic E-state index is 0.143. The van der Waals surface area contributed by atoms with E-state index in [1.54, 1.807) is 13.8 Å². The number of ether oxygens (including phenoxy) is 1. The highest BCUT2D eigenvalue weighted by Gasteiger charge is 2.56. The Labute approximate surface area is 283 Å². The molecule has 0 radical (unpaired) electrons. The van der Waals surface area contributed by atoms with Crippen LogP contribution in [0.5, 0.6) is 0 Å². The van der Waals surface area contributed by atoms with Crippen LogP contribution in [0.1, 0.15) is 13.8 Å². The van der Waals surface area contributed by atoms with E-state index in [0.717, 1.165) is 0 Å². The number of carbonyl (C=O) groups is 2. The molecule has 0 aliphatic heterocycles. The van der Waals surface area contributed by atoms with Gasteiger partial charge in [-0.2, -0.15) is 0 Å². The molecule has 0 aromatic heterocycles. The third-order valence-corrected chi connectivity index (χ3v) is 34.7. The van der Waals surface area contributed by atoms with Gasteiger partial charge in [0.1, 0.15) is 0 Å². The van der Waals surface area contributed by atoms with Gasteiger partial charge in [0.25, 0.3) is 0 Å². The second-order valence-electron chi connectivity index (χ2n) is 16.5. The highest BCUT2D eigenvalue weighted by atomic mass is 29.3. The molecule has 2 N–H and O–H groups in total. The molecule has 0 saturated heterocycles. The van der Waals surface area contributed by atoms with Crippen LogP contribution in [0.3, 0.4) is 0 Å². The van der Waals surface area contributed by atoms with Crippen molar-refractivity contribution in [1.29, 1.82) is 0 Å². The van der Waals surface area contributed by atoms with Crippen molar-refractivity contribution in [3.8, 4) is 0 Å². The van der Waals surface area contributed by atoms with Crippen molar-refractivity contribution in [2.75, 3.05) is 6.61 Å². The molecule has 45 heavy (non-hydrogen) atoms. The van der Waals surface area contributed by atoms with Gasteiger partial charge in [0.05, 0.1) is 6.61 Å². The van der Waals surface area contributed by atoms with Gasteiger partial charge in [0.2, 0.25) is 7.83 Å². The van der Waals surface area contributed by atoms with Gasteiger partial charge in [-0.05, 0) is 119 Å². The molecule has 2 unspecified atom stereocenters. The van der Waals surface area contributed by atoms with Crippen molar-refractivity contribution in [1.82, 2.24) is 0 Å². The van der Waals surface area contributed by atoms with E-state index in [2.05, 4.69) is 78.6 Å². The summed E-state index contributed by atoms with van der Waals surface area (Å²) in [5.74, 6) is -0.949. The van der Waals surface area contributed by atoms with E-state index in [0.29, 0.717) is 17.2 Å². The van der Waals surface area contributed by atoms with Crippen molar-refractivity contribution in [2.24, 2.45) is 0 Å². The molecule has 2 atom stereocenters. The van der Waals surface area contributed by atoms with Crippen LogP contribution in [0.15, 0.2) is 23.4 Å². The molecule has 10 nitrogen and oxygen atoms in total. The lowest BCUT2D eigenvalue weighted by Gasteiger charge is -2.44. The summed E-state index contributed by atoms with van der Waals surface area (Å²) >= 11 is 0. The average Bonchev–Trinajstić information content (AvgIpc) is 2.66. The van der Waals surface area contributed by atoms with Crippen molar-refractivity contribution < 1.29 is 44.8 Å². The zero-order chi connectivity index (χ0) is 36.7. The molecule has 0 fully saturated rings. The fourth-order valence-corrected chi connectivity index (χ4v) is 41.9. The second kappa shape index (κ2) is 17.0. The lowest BCUT2D eigenvalue weighted by atomic mass is 10.4. The van der Waals surface area contributed by atoms with Crippen LogP contribution in [-0.4, -0.2) is 94.4 Å². The zero-order valence-corrected chi connectivity index (χ0v) is 39.9. The van der Waals surface area contributed by atoms with Gasteiger partial charge in [-0.15, -0.1) is 0 Å². The lowest BCUT2D eigenvalue weighted by Crippen LogP contribution is -2.69. The van der Waals surface area contributed by atoms with Crippen molar-refractivity contribution >= 4 is 78.2 Å². The normalized spacial score (nSPS) is 16.5. The summed E-state index contributed by atoms with van der Waals surface area (Å²) < 4.78 is 34.8. The van der Waals surface area contributed by atoms with Gasteiger partial charge in [-0.1, -0.05) is 12.3 Å². The van der Waals surface area contributed by atoms with Crippen LogP contribution in [0.25, 0.3) is 0 Å². The Bertz CT molecular complexity index is 1040. The summed E-state index contributed by atoms with van der Waals surface area (Å²) in [4.78, 5) is 45.4. The largest absolute Gasteiger partial charge is 0.551 e. The Balaban J connectivity index is 0. The molecule has 0 heterocycles. The van der Waals surface area contributed by atoms with Gasteiger partial charge in [-0.3, -0.25) is 0 Å². The first kappa shape index (κ1) is 47.0. The van der Waals surface area contributed by atoms with E-state index >= 15 is 0 Å². The number of hydrogen-bond donors (Lipinski definition) is 2. The SMILES string of the molecule is C=C(C)C(=O)OCC[Si](O)(O[Si](C)(C)C)[Si](C)(C)O[Si](C)(C)C.CC(=C[Si](C)(C)O[Si](C)(C)C)C(=O)O[Si](C)(O)O[Si](C)(C)C. The fraction of sp³-hybridized carbons (Fsp3) is 0.778. The Morgan fingerprint density at radius 2 is 1.02 bits per heavy atom. The predicted molar refractivity (Wildman–Crippen MR) is 205 cm³/mol. The van der Waals surface area contributed by atoms with Crippen LogP contribution in [0.4, 0.5) is 0 Å². The van der Waals surface area contributed by atoms with E-state index in [-0.39, 0.29) is 6.61 Å². The van der Waals surface area contributed by atoms with Crippen LogP contribution >= 0.6 is 0 Å². The minimum atomic E-state index is -3.43. The van der Waals surface area contributed by atoms with E-state index in [9.17, 15) is 19.2 Å². The summed E-state index contributed by atoms with van der Waals surface area (Å²) in [5.41, 5.74) is 2.71. The maximum Gasteiger partial charge on any atom is 0.551 e. The number of esters is 1. The third-order valence-electron chi connectivity index (χ3n) is 5.23. The summed E-state index contributed by atoms with van der Waals surface area (Å²) in [6.45, 7) is 41.4. The van der Waals surface area contributed by atoms with Crippen molar-refractivity contribution in [3.05, 3.63) is 23.4 Å². The molecule has 0 amide bonds. The van der Waals surface area contributed by atoms with Gasteiger partial charge >= 0.3 is 28.8 Å². The zero-order valence-electron chi connectivity index (χ0n) is 31.9. The number of carbonyl (C=O) groups excluding carboxylic acids is 2. The standard InChI is InChI=1S/C14H34O5Si4.C13H32O5Si4/c1-13(2)14(15)17-11-12-23(16,19-21(6,7)8)22(9,10)18-20(3,4)5;1-12(11-21(8,9)17-19(2,3)4)13(14)16-22(10,15)18-20(5,6)7/h16H,1,11-12H2,2-10H3;11,15H,1-10H3. The van der Waals surface area contributed by atoms with Crippen LogP contribution in [-0.2, 0) is 35.2 Å². The molecule has 0 aromatic carbocycles. The molecular weight excluding hydrogens is 709 g/mol. The Morgan fingerprint density at radius 3 is 1.38 bits per heavy atom. The molecule has 18 heteroatoms. The first-order valence-electron chi connectivity index (χ1n) is 15.4. The molecular formula is C27H66O10Si8. The van der Waals surface area contributed by atoms with E-state index in [4.69, 9.17) is 25.6 Å². The maximum atomic E-state index is 12.2. The molecule has 266 valence electrons. The minimum Gasteiger partial charge on any atom is -0.471 e. The van der Waals surface area contributed by atoms with Crippen molar-refractivity contribution in [3.63, 3.8) is 0 Å². The topological polar surface area (TPSA) is 130 Å². The third kappa shape index (κ3) is 23.0. The summed E-state index contributed by atoms with van der Waals surface area (Å²) in [7, 11) is -18.5. The number of hydrogen-bond acceptors (Lipinski definition) is 10. The highest BCUT2D eigenvalue weighted by Crippen LogP contribution is 2.30. The van der Waals surface area contributed by atoms with Gasteiger partial charge in [0.15, 0.2) is 41.6 Å². The smallest absolute Gasteiger partial charge is 0.471 e. The van der Waals surface area contributed by atoms with Crippen LogP contribution in [0.2, 0.25) is 117 Å². The molecule has 0 saturated carbocycles. The van der Waals surface area contributed by atoms with Crippen molar-refractivity contribution in [2.45, 2.75) is 131 Å². The Morgan fingerprint density at radius 1 is 0.622 bits per heavy atom. The average molecular weight is 776 g/mol. The molecule has 0 rings (SSSR count). The lowest BCUT2D eigenvalue weighted by molar-refractivity contribution is -0.138. The van der Waals surface area contributed by atoms with Crippen LogP contribution < -0.4 is 0 Å². The first-order chi connectivity index (χ1) is 19.4. The summed E-state index contributed by atoms with van der Waals surface area (Å²) in [6, 6.07) is 0.347. The summed E-state index contributed by atoms with van der Waals surface area (Å²) in [6.07, 6.45) is 0. The Hall–Kier alpha value is -0.0849. The second-order valence-corrected chi connectivity index (χ2v) is 53.2. The van der Waals surface area contributed by atoms with E-state index in [1.807, 2.05) is 38.4 Å². The molecule has 0 bridgehead atoms. The monoisotopic (exact) mass is 774 g/mol. The van der Waals surface area contributed by atoms with Gasteiger partial charge < -0.3 is 35.2 Å². The Kier molecular flexibility index (Phi) is 17.8. The van der Waals surface area contributed by atoms with Gasteiger partial charge in [0, 0.05) is 23.7 Å². The molecule has 0 spiro atoms. The highest BCUT2D eigenvalue weighted by molar-refractivity contribution is 7.35. The quantitative estimate of drug-likeness (QED) is 0.0960. The first-order valence-corrected chi connectivity index (χ1v) is 40.3. The van der Waals surface area contributed by atoms with E-state index < -0.39 is 78.2 Å². The molecule has 0 aliphatic carbocycles.